The quantitative estimate of drug-likeness (QED) is 0.598. The summed E-state index contributed by atoms with van der Waals surface area (Å²) in [5.41, 5.74) is 0. The van der Waals surface area contributed by atoms with E-state index in [2.05, 4.69) is 0 Å². The van der Waals surface area contributed by atoms with Gasteiger partial charge in [0.05, 0.1) is 5.92 Å². The zero-order valence-electron chi connectivity index (χ0n) is 7.23. The second kappa shape index (κ2) is 3.87. The lowest BCUT2D eigenvalue weighted by molar-refractivity contribution is -0.146. The molecule has 0 spiro atoms. The van der Waals surface area contributed by atoms with Gasteiger partial charge in [-0.2, -0.15) is 0 Å². The zero-order valence-corrected chi connectivity index (χ0v) is 7.23. The minimum Gasteiger partial charge on any atom is -0.481 e. The third kappa shape index (κ3) is 1.95. The summed E-state index contributed by atoms with van der Waals surface area (Å²) in [6, 6.07) is 0. The van der Waals surface area contributed by atoms with Crippen LogP contribution in [-0.4, -0.2) is 47.8 Å². The Morgan fingerprint density at radius 2 is 2.33 bits per heavy atom. The molecule has 0 radical (unpaired) electrons. The Bertz CT molecular complexity index is 172. The number of carbonyl (C=O) groups is 1. The third-order valence-electron chi connectivity index (χ3n) is 2.51. The van der Waals surface area contributed by atoms with Crippen molar-refractivity contribution in [3.63, 3.8) is 0 Å². The van der Waals surface area contributed by atoms with Gasteiger partial charge >= 0.3 is 5.97 Å². The Balaban J connectivity index is 2.58. The van der Waals surface area contributed by atoms with Crippen molar-refractivity contribution in [3.8, 4) is 0 Å². The molecular weight excluding hydrogens is 158 g/mol. The Morgan fingerprint density at radius 3 is 2.83 bits per heavy atom. The molecule has 0 amide bonds. The topological polar surface area (TPSA) is 60.8 Å². The van der Waals surface area contributed by atoms with Gasteiger partial charge in [-0.15, -0.1) is 0 Å². The molecule has 1 rings (SSSR count). The van der Waals surface area contributed by atoms with Gasteiger partial charge in [0.15, 0.2) is 0 Å². The van der Waals surface area contributed by atoms with Crippen molar-refractivity contribution in [1.82, 2.24) is 4.90 Å². The Morgan fingerprint density at radius 1 is 1.67 bits per heavy atom. The number of carboxylic acids is 1. The van der Waals surface area contributed by atoms with Crippen LogP contribution >= 0.6 is 0 Å². The summed E-state index contributed by atoms with van der Waals surface area (Å²) in [5, 5.41) is 17.7. The molecule has 0 aromatic rings. The number of likely N-dealkylation sites (tertiary alicyclic amines) is 1. The summed E-state index contributed by atoms with van der Waals surface area (Å²) < 4.78 is 0. The summed E-state index contributed by atoms with van der Waals surface area (Å²) in [5.74, 6) is -1.24. The minimum absolute atomic E-state index is 0.00912. The summed E-state index contributed by atoms with van der Waals surface area (Å²) >= 11 is 0. The molecule has 0 aromatic carbocycles. The largest absolute Gasteiger partial charge is 0.481 e. The van der Waals surface area contributed by atoms with Crippen LogP contribution in [0.1, 0.15) is 6.42 Å². The zero-order chi connectivity index (χ0) is 9.14. The molecule has 0 aromatic heterocycles. The van der Waals surface area contributed by atoms with Gasteiger partial charge in [0.25, 0.3) is 0 Å². The summed E-state index contributed by atoms with van der Waals surface area (Å²) in [6.45, 7) is 1.43. The highest BCUT2D eigenvalue weighted by atomic mass is 16.4. The molecule has 0 aliphatic carbocycles. The van der Waals surface area contributed by atoms with Gasteiger partial charge in [-0.3, -0.25) is 4.79 Å². The molecule has 1 heterocycles. The number of hydrogen-bond donors (Lipinski definition) is 2. The summed E-state index contributed by atoms with van der Waals surface area (Å²) in [7, 11) is 1.91. The molecule has 12 heavy (non-hydrogen) atoms. The van der Waals surface area contributed by atoms with Crippen LogP contribution in [0.25, 0.3) is 0 Å². The molecule has 1 saturated heterocycles. The van der Waals surface area contributed by atoms with E-state index in [0.29, 0.717) is 6.54 Å². The fourth-order valence-corrected chi connectivity index (χ4v) is 1.66. The fraction of sp³-hybridized carbons (Fsp3) is 0.875. The highest BCUT2D eigenvalue weighted by Crippen LogP contribution is 2.22. The number of aliphatic carboxylic acids is 1. The van der Waals surface area contributed by atoms with Crippen LogP contribution in [0.5, 0.6) is 0 Å². The SMILES string of the molecule is CN1CC[C@H](CO)[C@H](C(=O)O)C1. The molecule has 0 saturated carbocycles. The highest BCUT2D eigenvalue weighted by Gasteiger charge is 2.32. The molecule has 1 aliphatic rings. The molecule has 70 valence electrons. The van der Waals surface area contributed by atoms with Crippen LogP contribution in [0.2, 0.25) is 0 Å². The maximum Gasteiger partial charge on any atom is 0.308 e. The van der Waals surface area contributed by atoms with Crippen LogP contribution in [0.4, 0.5) is 0 Å². The molecule has 2 N–H and O–H groups in total. The Labute approximate surface area is 71.8 Å². The highest BCUT2D eigenvalue weighted by molar-refractivity contribution is 5.70. The van der Waals surface area contributed by atoms with Crippen molar-refractivity contribution < 1.29 is 15.0 Å². The maximum absolute atomic E-state index is 10.7. The first-order chi connectivity index (χ1) is 5.65. The van der Waals surface area contributed by atoms with E-state index in [9.17, 15) is 4.79 Å². The van der Waals surface area contributed by atoms with Crippen LogP contribution in [-0.2, 0) is 4.79 Å². The van der Waals surface area contributed by atoms with E-state index in [4.69, 9.17) is 10.2 Å². The van der Waals surface area contributed by atoms with Crippen molar-refractivity contribution in [1.29, 1.82) is 0 Å². The standard InChI is InChI=1S/C8H15NO3/c1-9-3-2-6(5-10)7(4-9)8(11)12/h6-7,10H,2-5H2,1H3,(H,11,12)/t6-,7-/m1/s1. The molecule has 0 bridgehead atoms. The number of aliphatic hydroxyl groups excluding tert-OH is 1. The molecule has 0 unspecified atom stereocenters. The number of carboxylic acid groups (broad SMARTS) is 1. The van der Waals surface area contributed by atoms with E-state index in [1.807, 2.05) is 11.9 Å². The minimum atomic E-state index is -0.791. The van der Waals surface area contributed by atoms with Gasteiger partial charge in [0.2, 0.25) is 0 Å². The van der Waals surface area contributed by atoms with Crippen LogP contribution in [0, 0.1) is 11.8 Å². The molecular formula is C8H15NO3. The average Bonchev–Trinajstić information content (AvgIpc) is 2.04. The number of hydrogen-bond acceptors (Lipinski definition) is 3. The van der Waals surface area contributed by atoms with Gasteiger partial charge in [-0.25, -0.2) is 0 Å². The van der Waals surface area contributed by atoms with Crippen molar-refractivity contribution in [3.05, 3.63) is 0 Å². The lowest BCUT2D eigenvalue weighted by Crippen LogP contribution is -2.43. The maximum atomic E-state index is 10.7. The van der Waals surface area contributed by atoms with E-state index in [1.165, 1.54) is 0 Å². The lowest BCUT2D eigenvalue weighted by Gasteiger charge is -2.33. The van der Waals surface area contributed by atoms with Crippen LogP contribution in [0.3, 0.4) is 0 Å². The normalized spacial score (nSPS) is 31.8. The van der Waals surface area contributed by atoms with Crippen molar-refractivity contribution in [2.45, 2.75) is 6.42 Å². The average molecular weight is 173 g/mol. The lowest BCUT2D eigenvalue weighted by atomic mass is 9.86. The van der Waals surface area contributed by atoms with Crippen LogP contribution in [0.15, 0.2) is 0 Å². The smallest absolute Gasteiger partial charge is 0.308 e. The Hall–Kier alpha value is -0.610. The first kappa shape index (κ1) is 9.48. The van der Waals surface area contributed by atoms with Gasteiger partial charge in [-0.05, 0) is 25.9 Å². The second-order valence-electron chi connectivity index (χ2n) is 3.44. The van der Waals surface area contributed by atoms with Gasteiger partial charge in [-0.1, -0.05) is 0 Å². The van der Waals surface area contributed by atoms with Gasteiger partial charge in [0, 0.05) is 13.2 Å². The fourth-order valence-electron chi connectivity index (χ4n) is 1.66. The van der Waals surface area contributed by atoms with Crippen molar-refractivity contribution in [2.75, 3.05) is 26.7 Å². The monoisotopic (exact) mass is 173 g/mol. The van der Waals surface area contributed by atoms with E-state index >= 15 is 0 Å². The molecule has 1 fully saturated rings. The summed E-state index contributed by atoms with van der Waals surface area (Å²) in [6.07, 6.45) is 0.782. The third-order valence-corrected chi connectivity index (χ3v) is 2.51. The van der Waals surface area contributed by atoms with E-state index < -0.39 is 11.9 Å². The first-order valence-electron chi connectivity index (χ1n) is 4.17. The van der Waals surface area contributed by atoms with Gasteiger partial charge < -0.3 is 15.1 Å². The molecule has 4 nitrogen and oxygen atoms in total. The van der Waals surface area contributed by atoms with E-state index in [1.54, 1.807) is 0 Å². The number of piperidine rings is 1. The van der Waals surface area contributed by atoms with Crippen molar-refractivity contribution >= 4 is 5.97 Å². The number of nitrogens with zero attached hydrogens (tertiary/aromatic N) is 1. The van der Waals surface area contributed by atoms with E-state index in [0.717, 1.165) is 13.0 Å². The number of aliphatic hydroxyl groups is 1. The molecule has 1 aliphatic heterocycles. The van der Waals surface area contributed by atoms with Gasteiger partial charge in [0.1, 0.15) is 0 Å². The van der Waals surface area contributed by atoms with Crippen LogP contribution < -0.4 is 0 Å². The predicted molar refractivity (Wildman–Crippen MR) is 43.8 cm³/mol. The molecule has 4 heteroatoms. The Kier molecular flexibility index (Phi) is 3.05. The van der Waals surface area contributed by atoms with E-state index in [-0.39, 0.29) is 12.5 Å². The number of rotatable bonds is 2. The molecule has 2 atom stereocenters. The first-order valence-corrected chi connectivity index (χ1v) is 4.17. The predicted octanol–water partition coefficient (Wildman–Crippen LogP) is -0.369. The summed E-state index contributed by atoms with van der Waals surface area (Å²) in [4.78, 5) is 12.7. The second-order valence-corrected chi connectivity index (χ2v) is 3.44. The van der Waals surface area contributed by atoms with Crippen molar-refractivity contribution in [2.24, 2.45) is 11.8 Å².